The van der Waals surface area contributed by atoms with Crippen LogP contribution in [0.3, 0.4) is 0 Å². The smallest absolute Gasteiger partial charge is 0.269 e. The lowest BCUT2D eigenvalue weighted by Crippen LogP contribution is -2.20. The number of benzene rings is 1. The molecular weight excluding hydrogens is 292 g/mol. The van der Waals surface area contributed by atoms with E-state index < -0.39 is 0 Å². The van der Waals surface area contributed by atoms with Crippen molar-refractivity contribution in [1.29, 1.82) is 0 Å². The molecule has 0 radical (unpaired) electrons. The molecule has 0 saturated heterocycles. The topological polar surface area (TPSA) is 76.1 Å². The highest BCUT2D eigenvalue weighted by Crippen LogP contribution is 2.20. The Balaban J connectivity index is 2.13. The van der Waals surface area contributed by atoms with E-state index in [1.165, 1.54) is 0 Å². The van der Waals surface area contributed by atoms with Crippen LogP contribution in [0.2, 0.25) is 0 Å². The first-order chi connectivity index (χ1) is 11.0. The molecule has 0 aliphatic carbocycles. The van der Waals surface area contributed by atoms with Gasteiger partial charge in [-0.05, 0) is 50.6 Å². The van der Waals surface area contributed by atoms with Crippen LogP contribution in [0.4, 0.5) is 11.6 Å². The van der Waals surface area contributed by atoms with E-state index in [4.69, 9.17) is 4.74 Å². The van der Waals surface area contributed by atoms with E-state index in [-0.39, 0.29) is 12.0 Å². The number of amides is 1. The summed E-state index contributed by atoms with van der Waals surface area (Å²) < 4.78 is 5.74. The third-order valence-electron chi connectivity index (χ3n) is 3.34. The van der Waals surface area contributed by atoms with Crippen LogP contribution in [0, 0.1) is 6.92 Å². The van der Waals surface area contributed by atoms with Gasteiger partial charge in [0.05, 0.1) is 6.10 Å². The number of aromatic nitrogens is 2. The molecule has 0 bridgehead atoms. The SMILES string of the molecule is CCC(C)Oc1ccc(Nc2nc(C)cc(C(=O)NC)n2)cc1. The number of anilines is 2. The maximum Gasteiger partial charge on any atom is 0.269 e. The minimum atomic E-state index is -0.240. The highest BCUT2D eigenvalue weighted by atomic mass is 16.5. The summed E-state index contributed by atoms with van der Waals surface area (Å²) in [4.78, 5) is 20.2. The summed E-state index contributed by atoms with van der Waals surface area (Å²) in [5.74, 6) is 0.969. The van der Waals surface area contributed by atoms with Gasteiger partial charge < -0.3 is 15.4 Å². The van der Waals surface area contributed by atoms with Crippen LogP contribution in [-0.2, 0) is 0 Å². The van der Waals surface area contributed by atoms with E-state index in [2.05, 4.69) is 27.5 Å². The number of aryl methyl sites for hydroxylation is 1. The molecule has 1 aromatic heterocycles. The summed E-state index contributed by atoms with van der Waals surface area (Å²) in [6, 6.07) is 9.22. The molecule has 0 saturated carbocycles. The Labute approximate surface area is 136 Å². The Kier molecular flexibility index (Phi) is 5.51. The minimum absolute atomic E-state index is 0.184. The third kappa shape index (κ3) is 4.67. The monoisotopic (exact) mass is 314 g/mol. The van der Waals surface area contributed by atoms with Crippen molar-refractivity contribution < 1.29 is 9.53 Å². The van der Waals surface area contributed by atoms with Gasteiger partial charge in [-0.25, -0.2) is 9.97 Å². The lowest BCUT2D eigenvalue weighted by atomic mass is 10.3. The second kappa shape index (κ2) is 7.58. The molecular formula is C17H22N4O2. The Morgan fingerprint density at radius 3 is 2.57 bits per heavy atom. The molecule has 2 rings (SSSR count). The number of ether oxygens (including phenoxy) is 1. The summed E-state index contributed by atoms with van der Waals surface area (Å²) in [7, 11) is 1.57. The van der Waals surface area contributed by atoms with Crippen molar-refractivity contribution in [1.82, 2.24) is 15.3 Å². The van der Waals surface area contributed by atoms with Gasteiger partial charge in [-0.1, -0.05) is 6.92 Å². The number of hydrogen-bond donors (Lipinski definition) is 2. The highest BCUT2D eigenvalue weighted by molar-refractivity contribution is 5.92. The number of hydrogen-bond acceptors (Lipinski definition) is 5. The maximum absolute atomic E-state index is 11.7. The Bertz CT molecular complexity index is 671. The summed E-state index contributed by atoms with van der Waals surface area (Å²) >= 11 is 0. The predicted octanol–water partition coefficient (Wildman–Crippen LogP) is 3.07. The summed E-state index contributed by atoms with van der Waals surface area (Å²) in [5.41, 5.74) is 1.88. The van der Waals surface area contributed by atoms with Crippen molar-refractivity contribution >= 4 is 17.5 Å². The first kappa shape index (κ1) is 16.7. The molecule has 1 amide bonds. The predicted molar refractivity (Wildman–Crippen MR) is 90.3 cm³/mol. The van der Waals surface area contributed by atoms with Crippen LogP contribution < -0.4 is 15.4 Å². The molecule has 1 atom stereocenters. The maximum atomic E-state index is 11.7. The third-order valence-corrected chi connectivity index (χ3v) is 3.34. The summed E-state index contributed by atoms with van der Waals surface area (Å²) in [6.45, 7) is 5.94. The normalized spacial score (nSPS) is 11.7. The van der Waals surface area contributed by atoms with Gasteiger partial charge in [-0.15, -0.1) is 0 Å². The van der Waals surface area contributed by atoms with Crippen LogP contribution in [-0.4, -0.2) is 29.0 Å². The van der Waals surface area contributed by atoms with Gasteiger partial charge in [0.2, 0.25) is 5.95 Å². The number of nitrogens with zero attached hydrogens (tertiary/aromatic N) is 2. The molecule has 23 heavy (non-hydrogen) atoms. The number of rotatable bonds is 6. The lowest BCUT2D eigenvalue weighted by Gasteiger charge is -2.13. The zero-order chi connectivity index (χ0) is 16.8. The first-order valence-corrected chi connectivity index (χ1v) is 7.63. The van der Waals surface area contributed by atoms with E-state index in [1.54, 1.807) is 13.1 Å². The molecule has 1 heterocycles. The first-order valence-electron chi connectivity index (χ1n) is 7.63. The summed E-state index contributed by atoms with van der Waals surface area (Å²) in [6.07, 6.45) is 1.14. The molecule has 0 aliphatic rings. The van der Waals surface area contributed by atoms with Gasteiger partial charge in [0.1, 0.15) is 11.4 Å². The molecule has 0 aliphatic heterocycles. The van der Waals surface area contributed by atoms with Crippen LogP contribution >= 0.6 is 0 Å². The van der Waals surface area contributed by atoms with Gasteiger partial charge >= 0.3 is 0 Å². The van der Waals surface area contributed by atoms with Crippen LogP contribution in [0.15, 0.2) is 30.3 Å². The molecule has 1 unspecified atom stereocenters. The van der Waals surface area contributed by atoms with E-state index in [9.17, 15) is 4.79 Å². The second-order valence-electron chi connectivity index (χ2n) is 5.28. The minimum Gasteiger partial charge on any atom is -0.491 e. The molecule has 2 aromatic rings. The molecule has 6 heteroatoms. The van der Waals surface area contributed by atoms with Crippen LogP contribution in [0.1, 0.15) is 36.5 Å². The fraction of sp³-hybridized carbons (Fsp3) is 0.353. The molecule has 6 nitrogen and oxygen atoms in total. The van der Waals surface area contributed by atoms with Crippen molar-refractivity contribution in [3.63, 3.8) is 0 Å². The largest absolute Gasteiger partial charge is 0.491 e. The molecule has 1 aromatic carbocycles. The Morgan fingerprint density at radius 2 is 1.96 bits per heavy atom. The number of nitrogens with one attached hydrogen (secondary N) is 2. The molecule has 0 spiro atoms. The summed E-state index contributed by atoms with van der Waals surface area (Å²) in [5, 5.41) is 5.66. The number of carbonyl (C=O) groups is 1. The zero-order valence-electron chi connectivity index (χ0n) is 13.9. The Hall–Kier alpha value is -2.63. The highest BCUT2D eigenvalue weighted by Gasteiger charge is 2.09. The Morgan fingerprint density at radius 1 is 1.26 bits per heavy atom. The van der Waals surface area contributed by atoms with E-state index in [0.29, 0.717) is 11.6 Å². The van der Waals surface area contributed by atoms with Crippen molar-refractivity contribution in [2.75, 3.05) is 12.4 Å². The fourth-order valence-corrected chi connectivity index (χ4v) is 1.93. The van der Waals surface area contributed by atoms with Crippen LogP contribution in [0.25, 0.3) is 0 Å². The molecule has 122 valence electrons. The van der Waals surface area contributed by atoms with E-state index in [0.717, 1.165) is 23.6 Å². The van der Waals surface area contributed by atoms with Crippen molar-refractivity contribution in [3.8, 4) is 5.75 Å². The zero-order valence-corrected chi connectivity index (χ0v) is 13.9. The van der Waals surface area contributed by atoms with Crippen molar-refractivity contribution in [3.05, 3.63) is 41.7 Å². The molecule has 2 N–H and O–H groups in total. The second-order valence-corrected chi connectivity index (χ2v) is 5.28. The van der Waals surface area contributed by atoms with Crippen molar-refractivity contribution in [2.24, 2.45) is 0 Å². The molecule has 0 fully saturated rings. The quantitative estimate of drug-likeness (QED) is 0.857. The standard InChI is InChI=1S/C17H22N4O2/c1-5-12(3)23-14-8-6-13(7-9-14)20-17-19-11(2)10-15(21-17)16(22)18-4/h6-10,12H,5H2,1-4H3,(H,18,22)(H,19,20,21). The van der Waals surface area contributed by atoms with Crippen molar-refractivity contribution in [2.45, 2.75) is 33.3 Å². The van der Waals surface area contributed by atoms with Crippen LogP contribution in [0.5, 0.6) is 5.75 Å². The van der Waals surface area contributed by atoms with Gasteiger partial charge in [0.15, 0.2) is 0 Å². The van der Waals surface area contributed by atoms with E-state index in [1.807, 2.05) is 38.1 Å². The van der Waals surface area contributed by atoms with Gasteiger partial charge in [-0.2, -0.15) is 0 Å². The average molecular weight is 314 g/mol. The van der Waals surface area contributed by atoms with Gasteiger partial charge in [0.25, 0.3) is 5.91 Å². The van der Waals surface area contributed by atoms with Gasteiger partial charge in [-0.3, -0.25) is 4.79 Å². The lowest BCUT2D eigenvalue weighted by molar-refractivity contribution is 0.0958. The fourth-order valence-electron chi connectivity index (χ4n) is 1.93. The number of carbonyl (C=O) groups excluding carboxylic acids is 1. The average Bonchev–Trinajstić information content (AvgIpc) is 2.55. The van der Waals surface area contributed by atoms with E-state index >= 15 is 0 Å². The van der Waals surface area contributed by atoms with Gasteiger partial charge in [0, 0.05) is 18.4 Å².